The minimum absolute atomic E-state index is 0.0260. The van der Waals surface area contributed by atoms with Gasteiger partial charge < -0.3 is 9.84 Å². The van der Waals surface area contributed by atoms with Crippen molar-refractivity contribution in [1.29, 1.82) is 10.5 Å². The zero-order chi connectivity index (χ0) is 12.7. The van der Waals surface area contributed by atoms with Gasteiger partial charge in [-0.1, -0.05) is 6.07 Å². The lowest BCUT2D eigenvalue weighted by Gasteiger charge is -2.08. The topological polar surface area (TPSA) is 77.0 Å². The van der Waals surface area contributed by atoms with Crippen LogP contribution < -0.4 is 4.74 Å². The maximum atomic E-state index is 9.19. The van der Waals surface area contributed by atoms with Crippen LogP contribution in [0, 0.1) is 22.7 Å². The molecule has 1 rings (SSSR count). The third kappa shape index (κ3) is 3.34. The first-order chi connectivity index (χ1) is 8.24. The largest absolute Gasteiger partial charge is 0.494 e. The highest BCUT2D eigenvalue weighted by atomic mass is 16.5. The van der Waals surface area contributed by atoms with Crippen molar-refractivity contribution in [2.75, 3.05) is 6.61 Å². The zero-order valence-electron chi connectivity index (χ0n) is 9.47. The molecular weight excluding hydrogens is 216 g/mol. The van der Waals surface area contributed by atoms with E-state index in [1.807, 2.05) is 6.92 Å². The molecule has 0 aliphatic heterocycles. The quantitative estimate of drug-likeness (QED) is 0.799. The predicted octanol–water partition coefficient (Wildman–Crippen LogP) is 2.01. The van der Waals surface area contributed by atoms with Gasteiger partial charge in [0, 0.05) is 5.56 Å². The second-order valence-corrected chi connectivity index (χ2v) is 3.24. The Kier molecular flexibility index (Phi) is 4.75. The number of hydrogen-bond acceptors (Lipinski definition) is 4. The fourth-order valence-corrected chi connectivity index (χ4v) is 1.37. The van der Waals surface area contributed by atoms with E-state index in [9.17, 15) is 5.11 Å². The molecule has 0 saturated heterocycles. The van der Waals surface area contributed by atoms with Crippen LogP contribution in [0.5, 0.6) is 5.75 Å². The summed E-state index contributed by atoms with van der Waals surface area (Å²) in [7, 11) is 0. The number of nitriles is 2. The number of ether oxygens (including phenoxy) is 1. The minimum atomic E-state index is -0.147. The molecule has 1 aromatic carbocycles. The number of rotatable bonds is 4. The van der Waals surface area contributed by atoms with Gasteiger partial charge in [-0.15, -0.1) is 0 Å². The van der Waals surface area contributed by atoms with Crippen LogP contribution in [-0.2, 0) is 6.61 Å². The van der Waals surface area contributed by atoms with Crippen molar-refractivity contribution in [2.45, 2.75) is 13.5 Å². The zero-order valence-corrected chi connectivity index (χ0v) is 9.47. The van der Waals surface area contributed by atoms with E-state index in [0.29, 0.717) is 23.5 Å². The van der Waals surface area contributed by atoms with E-state index in [0.717, 1.165) is 0 Å². The smallest absolute Gasteiger partial charge is 0.130 e. The van der Waals surface area contributed by atoms with Crippen molar-refractivity contribution in [3.63, 3.8) is 0 Å². The maximum absolute atomic E-state index is 9.19. The van der Waals surface area contributed by atoms with Crippen molar-refractivity contribution in [2.24, 2.45) is 0 Å². The van der Waals surface area contributed by atoms with Crippen molar-refractivity contribution in [1.82, 2.24) is 0 Å². The summed E-state index contributed by atoms with van der Waals surface area (Å²) in [4.78, 5) is 0. The van der Waals surface area contributed by atoms with E-state index in [-0.39, 0.29) is 12.2 Å². The number of hydrogen-bond donors (Lipinski definition) is 1. The standard InChI is InChI=1S/C13H12N2O2/c1-2-17-13-4-3-10(6-12(13)9-16)5-11(7-14)8-15/h3-6,16H,2,9H2,1H3. The SMILES string of the molecule is CCOc1ccc(C=C(C#N)C#N)cc1CO. The second-order valence-electron chi connectivity index (χ2n) is 3.24. The van der Waals surface area contributed by atoms with Gasteiger partial charge in [-0.25, -0.2) is 0 Å². The summed E-state index contributed by atoms with van der Waals surface area (Å²) in [5.74, 6) is 0.614. The third-order valence-electron chi connectivity index (χ3n) is 2.11. The average Bonchev–Trinajstić information content (AvgIpc) is 2.37. The Morgan fingerprint density at radius 2 is 2.12 bits per heavy atom. The Bertz CT molecular complexity index is 491. The number of nitrogens with zero attached hydrogens (tertiary/aromatic N) is 2. The molecule has 0 aromatic heterocycles. The highest BCUT2D eigenvalue weighted by Crippen LogP contribution is 2.21. The average molecular weight is 228 g/mol. The predicted molar refractivity (Wildman–Crippen MR) is 62.7 cm³/mol. The normalized spacial score (nSPS) is 8.94. The lowest BCUT2D eigenvalue weighted by Crippen LogP contribution is -1.97. The molecule has 4 heteroatoms. The third-order valence-corrected chi connectivity index (χ3v) is 2.11. The van der Waals surface area contributed by atoms with Crippen LogP contribution in [-0.4, -0.2) is 11.7 Å². The summed E-state index contributed by atoms with van der Waals surface area (Å²) < 4.78 is 5.33. The summed E-state index contributed by atoms with van der Waals surface area (Å²) in [6.45, 7) is 2.23. The number of aliphatic hydroxyl groups is 1. The summed E-state index contributed by atoms with van der Waals surface area (Å²) in [5, 5.41) is 26.5. The molecule has 0 aliphatic rings. The number of aliphatic hydroxyl groups excluding tert-OH is 1. The molecule has 86 valence electrons. The molecule has 17 heavy (non-hydrogen) atoms. The first-order valence-corrected chi connectivity index (χ1v) is 5.13. The minimum Gasteiger partial charge on any atom is -0.494 e. The van der Waals surface area contributed by atoms with Crippen molar-refractivity contribution < 1.29 is 9.84 Å². The van der Waals surface area contributed by atoms with E-state index < -0.39 is 0 Å². The van der Waals surface area contributed by atoms with Crippen LogP contribution >= 0.6 is 0 Å². The first kappa shape index (κ1) is 12.8. The van der Waals surface area contributed by atoms with Crippen molar-refractivity contribution >= 4 is 6.08 Å². The Labute approximate surface area is 100.0 Å². The van der Waals surface area contributed by atoms with Crippen molar-refractivity contribution in [3.05, 3.63) is 34.9 Å². The van der Waals surface area contributed by atoms with Gasteiger partial charge in [0.1, 0.15) is 23.5 Å². The summed E-state index contributed by atoms with van der Waals surface area (Å²) in [6.07, 6.45) is 1.47. The molecular formula is C13H12N2O2. The van der Waals surface area contributed by atoms with Gasteiger partial charge in [-0.05, 0) is 30.7 Å². The van der Waals surface area contributed by atoms with Crippen LogP contribution in [0.25, 0.3) is 6.08 Å². The molecule has 0 spiro atoms. The first-order valence-electron chi connectivity index (χ1n) is 5.13. The molecule has 0 fully saturated rings. The molecule has 0 amide bonds. The summed E-state index contributed by atoms with van der Waals surface area (Å²) in [6, 6.07) is 8.71. The van der Waals surface area contributed by atoms with Crippen LogP contribution in [0.4, 0.5) is 0 Å². The molecule has 0 unspecified atom stereocenters. The van der Waals surface area contributed by atoms with Gasteiger partial charge in [0.05, 0.1) is 13.2 Å². The number of benzene rings is 1. The highest BCUT2D eigenvalue weighted by Gasteiger charge is 2.03. The number of allylic oxidation sites excluding steroid dienone is 1. The highest BCUT2D eigenvalue weighted by molar-refractivity contribution is 5.63. The monoisotopic (exact) mass is 228 g/mol. The van der Waals surface area contributed by atoms with E-state index in [2.05, 4.69) is 0 Å². The van der Waals surface area contributed by atoms with Crippen molar-refractivity contribution in [3.8, 4) is 17.9 Å². The van der Waals surface area contributed by atoms with E-state index in [4.69, 9.17) is 15.3 Å². The van der Waals surface area contributed by atoms with E-state index >= 15 is 0 Å². The van der Waals surface area contributed by atoms with Gasteiger partial charge in [0.15, 0.2) is 0 Å². The molecule has 1 N–H and O–H groups in total. The maximum Gasteiger partial charge on any atom is 0.130 e. The molecule has 4 nitrogen and oxygen atoms in total. The lowest BCUT2D eigenvalue weighted by molar-refractivity contribution is 0.267. The molecule has 0 heterocycles. The Hall–Kier alpha value is -2.30. The van der Waals surface area contributed by atoms with Gasteiger partial charge >= 0.3 is 0 Å². The van der Waals surface area contributed by atoms with Crippen LogP contribution in [0.1, 0.15) is 18.1 Å². The molecule has 0 radical (unpaired) electrons. The summed E-state index contributed by atoms with van der Waals surface area (Å²) >= 11 is 0. The fraction of sp³-hybridized carbons (Fsp3) is 0.231. The van der Waals surface area contributed by atoms with E-state index in [1.165, 1.54) is 6.08 Å². The fourth-order valence-electron chi connectivity index (χ4n) is 1.37. The van der Waals surface area contributed by atoms with Gasteiger partial charge in [-0.3, -0.25) is 0 Å². The van der Waals surface area contributed by atoms with Gasteiger partial charge in [-0.2, -0.15) is 10.5 Å². The van der Waals surface area contributed by atoms with Crippen LogP contribution in [0.3, 0.4) is 0 Å². The molecule has 1 aromatic rings. The summed E-state index contributed by atoms with van der Waals surface area (Å²) in [5.41, 5.74) is 1.35. The van der Waals surface area contributed by atoms with Crippen LogP contribution in [0.2, 0.25) is 0 Å². The molecule has 0 bridgehead atoms. The Morgan fingerprint density at radius 3 is 2.65 bits per heavy atom. The molecule has 0 aliphatic carbocycles. The Morgan fingerprint density at radius 1 is 1.41 bits per heavy atom. The Balaban J connectivity index is 3.11. The van der Waals surface area contributed by atoms with Gasteiger partial charge in [0.25, 0.3) is 0 Å². The molecule has 0 saturated carbocycles. The lowest BCUT2D eigenvalue weighted by atomic mass is 10.1. The van der Waals surface area contributed by atoms with E-state index in [1.54, 1.807) is 30.3 Å². The molecule has 0 atom stereocenters. The van der Waals surface area contributed by atoms with Gasteiger partial charge in [0.2, 0.25) is 0 Å². The van der Waals surface area contributed by atoms with Crippen LogP contribution in [0.15, 0.2) is 23.8 Å². The second kappa shape index (κ2) is 6.32.